The smallest absolute Gasteiger partial charge is 0.203 e. The molecule has 0 aliphatic rings. The third kappa shape index (κ3) is 5.96. The standard InChI is InChI=1S/C23H29FN4O3.HI/c1-5-25-23(26-11-10-15-13-27-19-12-17(24)7-8-18(15)19)28-14-16-6-9-20(29-2)22(31-4)21(16)30-3;/h6-9,12-13,27H,5,10-11,14H2,1-4H3,(H2,25,26,28);1H. The van der Waals surface area contributed by atoms with Crippen molar-refractivity contribution >= 4 is 40.8 Å². The van der Waals surface area contributed by atoms with Crippen molar-refractivity contribution in [2.24, 2.45) is 4.99 Å². The lowest BCUT2D eigenvalue weighted by Crippen LogP contribution is -2.38. The molecule has 32 heavy (non-hydrogen) atoms. The van der Waals surface area contributed by atoms with E-state index >= 15 is 0 Å². The molecule has 0 unspecified atom stereocenters. The second-order valence-electron chi connectivity index (χ2n) is 6.87. The van der Waals surface area contributed by atoms with Crippen LogP contribution in [0.2, 0.25) is 0 Å². The van der Waals surface area contributed by atoms with Crippen LogP contribution in [0.5, 0.6) is 17.2 Å². The van der Waals surface area contributed by atoms with E-state index in [0.717, 1.165) is 35.0 Å². The van der Waals surface area contributed by atoms with Gasteiger partial charge in [-0.05, 0) is 49.2 Å². The highest BCUT2D eigenvalue weighted by Gasteiger charge is 2.15. The summed E-state index contributed by atoms with van der Waals surface area (Å²) >= 11 is 0. The van der Waals surface area contributed by atoms with Crippen molar-refractivity contribution in [3.05, 3.63) is 53.5 Å². The fourth-order valence-electron chi connectivity index (χ4n) is 3.47. The molecule has 3 N–H and O–H groups in total. The summed E-state index contributed by atoms with van der Waals surface area (Å²) in [5, 5.41) is 7.63. The number of hydrogen-bond donors (Lipinski definition) is 3. The largest absolute Gasteiger partial charge is 0.493 e. The highest BCUT2D eigenvalue weighted by molar-refractivity contribution is 14.0. The van der Waals surface area contributed by atoms with Gasteiger partial charge in [-0.15, -0.1) is 24.0 Å². The van der Waals surface area contributed by atoms with Crippen LogP contribution in [0.25, 0.3) is 10.9 Å². The third-order valence-corrected chi connectivity index (χ3v) is 4.95. The summed E-state index contributed by atoms with van der Waals surface area (Å²) in [5.74, 6) is 2.21. The summed E-state index contributed by atoms with van der Waals surface area (Å²) in [6.45, 7) is 3.84. The van der Waals surface area contributed by atoms with Crippen LogP contribution in [0.4, 0.5) is 4.39 Å². The lowest BCUT2D eigenvalue weighted by atomic mass is 10.1. The summed E-state index contributed by atoms with van der Waals surface area (Å²) < 4.78 is 29.7. The minimum Gasteiger partial charge on any atom is -0.493 e. The molecule has 0 spiro atoms. The molecule has 1 aromatic heterocycles. The predicted molar refractivity (Wildman–Crippen MR) is 136 cm³/mol. The van der Waals surface area contributed by atoms with Gasteiger partial charge in [-0.25, -0.2) is 9.38 Å². The molecule has 0 aliphatic carbocycles. The second kappa shape index (κ2) is 12.4. The van der Waals surface area contributed by atoms with Crippen molar-refractivity contribution in [1.29, 1.82) is 0 Å². The first-order chi connectivity index (χ1) is 15.1. The number of hydrogen-bond acceptors (Lipinski definition) is 4. The topological polar surface area (TPSA) is 79.9 Å². The summed E-state index contributed by atoms with van der Waals surface area (Å²) in [7, 11) is 4.77. The fourth-order valence-corrected chi connectivity index (χ4v) is 3.47. The average Bonchev–Trinajstić information content (AvgIpc) is 3.18. The maximum Gasteiger partial charge on any atom is 0.203 e. The average molecular weight is 556 g/mol. The van der Waals surface area contributed by atoms with Gasteiger partial charge in [0.1, 0.15) is 5.82 Å². The summed E-state index contributed by atoms with van der Waals surface area (Å²) in [4.78, 5) is 7.80. The van der Waals surface area contributed by atoms with Crippen LogP contribution in [-0.2, 0) is 13.0 Å². The second-order valence-corrected chi connectivity index (χ2v) is 6.87. The van der Waals surface area contributed by atoms with Gasteiger partial charge < -0.3 is 29.8 Å². The number of nitrogens with zero attached hydrogens (tertiary/aromatic N) is 1. The summed E-state index contributed by atoms with van der Waals surface area (Å²) in [6, 6.07) is 8.55. The van der Waals surface area contributed by atoms with Crippen molar-refractivity contribution in [1.82, 2.24) is 15.6 Å². The van der Waals surface area contributed by atoms with Gasteiger partial charge in [-0.2, -0.15) is 0 Å². The summed E-state index contributed by atoms with van der Waals surface area (Å²) in [6.07, 6.45) is 2.69. The van der Waals surface area contributed by atoms with E-state index in [1.54, 1.807) is 27.4 Å². The number of aliphatic imine (C=N–C) groups is 1. The van der Waals surface area contributed by atoms with Crippen LogP contribution in [0.15, 0.2) is 41.5 Å². The highest BCUT2D eigenvalue weighted by atomic mass is 127. The van der Waals surface area contributed by atoms with Crippen molar-refractivity contribution in [3.63, 3.8) is 0 Å². The zero-order valence-electron chi connectivity index (χ0n) is 18.8. The zero-order chi connectivity index (χ0) is 22.2. The monoisotopic (exact) mass is 556 g/mol. The van der Waals surface area contributed by atoms with Gasteiger partial charge in [0, 0.05) is 35.8 Å². The Kier molecular flexibility index (Phi) is 9.89. The van der Waals surface area contributed by atoms with E-state index in [0.29, 0.717) is 36.3 Å². The van der Waals surface area contributed by atoms with E-state index < -0.39 is 0 Å². The lowest BCUT2D eigenvalue weighted by Gasteiger charge is -2.15. The van der Waals surface area contributed by atoms with Crippen molar-refractivity contribution in [2.45, 2.75) is 19.9 Å². The number of fused-ring (bicyclic) bond motifs is 1. The molecule has 0 aliphatic heterocycles. The lowest BCUT2D eigenvalue weighted by molar-refractivity contribution is 0.322. The molecule has 0 bridgehead atoms. The Balaban J connectivity index is 0.00000363. The number of nitrogens with one attached hydrogen (secondary N) is 3. The quantitative estimate of drug-likeness (QED) is 0.209. The predicted octanol–water partition coefficient (Wildman–Crippen LogP) is 4.25. The maximum atomic E-state index is 13.4. The molecule has 3 rings (SSSR count). The Morgan fingerprint density at radius 3 is 2.47 bits per heavy atom. The molecule has 7 nitrogen and oxygen atoms in total. The molecule has 0 saturated carbocycles. The molecule has 9 heteroatoms. The Bertz CT molecular complexity index is 1060. The van der Waals surface area contributed by atoms with Crippen molar-refractivity contribution in [2.75, 3.05) is 34.4 Å². The SMILES string of the molecule is CCNC(=NCc1ccc(OC)c(OC)c1OC)NCCc1c[nH]c2cc(F)ccc12.I. The molecule has 0 atom stereocenters. The molecule has 0 saturated heterocycles. The van der Waals surface area contributed by atoms with Crippen molar-refractivity contribution < 1.29 is 18.6 Å². The number of halogens is 2. The van der Waals surface area contributed by atoms with E-state index in [4.69, 9.17) is 14.2 Å². The van der Waals surface area contributed by atoms with Crippen LogP contribution in [0.1, 0.15) is 18.1 Å². The van der Waals surface area contributed by atoms with Crippen LogP contribution in [-0.4, -0.2) is 45.4 Å². The number of aromatic amines is 1. The zero-order valence-corrected chi connectivity index (χ0v) is 21.1. The Hall–Kier alpha value is -2.69. The number of benzene rings is 2. The van der Waals surface area contributed by atoms with Crippen molar-refractivity contribution in [3.8, 4) is 17.2 Å². The van der Waals surface area contributed by atoms with Gasteiger partial charge in [0.15, 0.2) is 17.5 Å². The number of guanidine groups is 1. The highest BCUT2D eigenvalue weighted by Crippen LogP contribution is 2.39. The number of methoxy groups -OCH3 is 3. The molecule has 0 radical (unpaired) electrons. The van der Waals surface area contributed by atoms with Gasteiger partial charge in [-0.1, -0.05) is 0 Å². The Morgan fingerprint density at radius 1 is 1.00 bits per heavy atom. The first kappa shape index (κ1) is 25.6. The first-order valence-electron chi connectivity index (χ1n) is 10.2. The fraction of sp³-hybridized carbons (Fsp3) is 0.348. The molecule has 0 amide bonds. The van der Waals surface area contributed by atoms with Gasteiger partial charge in [0.25, 0.3) is 0 Å². The third-order valence-electron chi connectivity index (χ3n) is 4.95. The summed E-state index contributed by atoms with van der Waals surface area (Å²) in [5.41, 5.74) is 2.81. The van der Waals surface area contributed by atoms with E-state index in [9.17, 15) is 4.39 Å². The molecular weight excluding hydrogens is 526 g/mol. The molecule has 174 valence electrons. The Labute approximate surface area is 204 Å². The van der Waals surface area contributed by atoms with Crippen LogP contribution in [0, 0.1) is 5.82 Å². The number of rotatable bonds is 9. The van der Waals surface area contributed by atoms with Crippen LogP contribution >= 0.6 is 24.0 Å². The molecule has 3 aromatic rings. The van der Waals surface area contributed by atoms with Crippen LogP contribution in [0.3, 0.4) is 0 Å². The minimum atomic E-state index is -0.244. The van der Waals surface area contributed by atoms with Crippen LogP contribution < -0.4 is 24.8 Å². The van der Waals surface area contributed by atoms with Gasteiger partial charge in [-0.3, -0.25) is 0 Å². The Morgan fingerprint density at radius 2 is 1.78 bits per heavy atom. The molecule has 0 fully saturated rings. The molecule has 2 aromatic carbocycles. The van der Waals surface area contributed by atoms with E-state index in [2.05, 4.69) is 20.6 Å². The van der Waals surface area contributed by atoms with Gasteiger partial charge in [0.05, 0.1) is 27.9 Å². The first-order valence-corrected chi connectivity index (χ1v) is 10.2. The van der Waals surface area contributed by atoms with Gasteiger partial charge in [0.2, 0.25) is 5.75 Å². The number of aromatic nitrogens is 1. The number of ether oxygens (including phenoxy) is 3. The normalized spacial score (nSPS) is 11.1. The maximum absolute atomic E-state index is 13.4. The number of H-pyrrole nitrogens is 1. The molecular formula is C23H30FIN4O3. The van der Waals surface area contributed by atoms with Gasteiger partial charge >= 0.3 is 0 Å². The molecule has 1 heterocycles. The van der Waals surface area contributed by atoms with E-state index in [1.165, 1.54) is 12.1 Å². The van der Waals surface area contributed by atoms with E-state index in [1.807, 2.05) is 25.3 Å². The van der Waals surface area contributed by atoms with E-state index in [-0.39, 0.29) is 29.8 Å². The minimum absolute atomic E-state index is 0.